The number of likely N-dealkylation sites (tertiary alicyclic amines) is 1. The lowest BCUT2D eigenvalue weighted by atomic mass is 9.85. The van der Waals surface area contributed by atoms with Gasteiger partial charge in [0.2, 0.25) is 17.7 Å². The highest BCUT2D eigenvalue weighted by atomic mass is 19.3. The molecule has 1 atom stereocenters. The maximum atomic E-state index is 14.3. The highest BCUT2D eigenvalue weighted by molar-refractivity contribution is 6.10. The number of oxazole rings is 1. The monoisotopic (exact) mass is 873 g/mol. The number of halogens is 2. The number of alkyl halides is 2. The predicted molar refractivity (Wildman–Crippen MR) is 237 cm³/mol. The van der Waals surface area contributed by atoms with E-state index in [0.717, 1.165) is 93.2 Å². The van der Waals surface area contributed by atoms with Crippen molar-refractivity contribution in [1.82, 2.24) is 44.4 Å². The summed E-state index contributed by atoms with van der Waals surface area (Å²) in [6.45, 7) is 4.53. The van der Waals surface area contributed by atoms with E-state index in [0.29, 0.717) is 42.1 Å². The fourth-order valence-corrected chi connectivity index (χ4v) is 10.0. The molecule has 2 saturated heterocycles. The molecule has 334 valence electrons. The molecule has 15 nitrogen and oxygen atoms in total. The standard InChI is InChI=1S/C47H53F2N11O4/c1-57(32-16-20-58(21-17-32)25-31-15-19-51-44-41(31)34-4-2-3-5-37(34)60(44)38-12-13-40(61)55-46(38)63)24-29-8-10-33(11-9-29)59-26-35(42(56-59)43(48)49)53-45(62)36-27-64-47(54-36)30-14-18-50-39(22-30)52-23-28-6-7-28/h2-5,14-15,18-19,22,26-29,32-33,38,43H,6-13,16-17,20-21,23-25H2,1H3,(H,50,52)(H,53,62)(H,55,61,63)/t29-,33-,38?. The molecule has 2 aliphatic carbocycles. The van der Waals surface area contributed by atoms with E-state index in [-0.39, 0.29) is 35.1 Å². The first-order chi connectivity index (χ1) is 31.1. The number of pyridine rings is 2. The topological polar surface area (TPSA) is 168 Å². The number of fused-ring (bicyclic) bond motifs is 3. The highest BCUT2D eigenvalue weighted by Gasteiger charge is 2.33. The van der Waals surface area contributed by atoms with E-state index < -0.39 is 24.1 Å². The van der Waals surface area contributed by atoms with E-state index in [1.165, 1.54) is 30.9 Å². The van der Waals surface area contributed by atoms with Crippen LogP contribution < -0.4 is 16.0 Å². The Morgan fingerprint density at radius 1 is 0.969 bits per heavy atom. The number of para-hydroxylation sites is 1. The molecule has 10 rings (SSSR count). The Morgan fingerprint density at radius 2 is 1.75 bits per heavy atom. The molecule has 6 aromatic rings. The minimum Gasteiger partial charge on any atom is -0.444 e. The summed E-state index contributed by atoms with van der Waals surface area (Å²) in [5.74, 6) is 0.920. The SMILES string of the molecule is CN(C[C@H]1CC[C@H](n2cc(NC(=O)c3coc(-c4ccnc(NCC5CC5)c4)n3)c(C(F)F)n2)CC1)C1CCN(Cc2ccnc3c2c2ccccc2n3C2CCC(=O)NC2=O)CC1. The maximum absolute atomic E-state index is 14.3. The number of carbonyl (C=O) groups excluding carboxylic acids is 3. The summed E-state index contributed by atoms with van der Waals surface area (Å²) in [6.07, 6.45) is 12.2. The van der Waals surface area contributed by atoms with E-state index >= 15 is 0 Å². The number of nitrogens with zero attached hydrogens (tertiary/aromatic N) is 8. The fraction of sp³-hybridized carbons (Fsp3) is 0.468. The van der Waals surface area contributed by atoms with Crippen LogP contribution in [0.15, 0.2) is 71.7 Å². The van der Waals surface area contributed by atoms with Gasteiger partial charge < -0.3 is 24.5 Å². The second-order valence-electron chi connectivity index (χ2n) is 18.1. The van der Waals surface area contributed by atoms with Gasteiger partial charge in [-0.3, -0.25) is 29.3 Å². The van der Waals surface area contributed by atoms with Crippen molar-refractivity contribution in [3.05, 3.63) is 84.3 Å². The van der Waals surface area contributed by atoms with Crippen molar-refractivity contribution in [2.24, 2.45) is 11.8 Å². The molecule has 2 saturated carbocycles. The summed E-state index contributed by atoms with van der Waals surface area (Å²) in [6, 6.07) is 13.7. The van der Waals surface area contributed by atoms with Crippen molar-refractivity contribution in [1.29, 1.82) is 0 Å². The van der Waals surface area contributed by atoms with Gasteiger partial charge in [-0.25, -0.2) is 23.7 Å². The molecule has 0 radical (unpaired) electrons. The van der Waals surface area contributed by atoms with Crippen LogP contribution in [0.2, 0.25) is 0 Å². The molecule has 2 aliphatic heterocycles. The summed E-state index contributed by atoms with van der Waals surface area (Å²) in [4.78, 5) is 56.7. The Bertz CT molecular complexity index is 2670. The second-order valence-corrected chi connectivity index (χ2v) is 18.1. The summed E-state index contributed by atoms with van der Waals surface area (Å²) in [7, 11) is 2.22. The van der Waals surface area contributed by atoms with Crippen LogP contribution >= 0.6 is 0 Å². The maximum Gasteiger partial charge on any atom is 0.284 e. The zero-order valence-corrected chi connectivity index (χ0v) is 35.9. The van der Waals surface area contributed by atoms with Crippen molar-refractivity contribution < 1.29 is 27.6 Å². The molecule has 0 spiro atoms. The van der Waals surface area contributed by atoms with Crippen LogP contribution in [-0.4, -0.2) is 96.1 Å². The van der Waals surface area contributed by atoms with Gasteiger partial charge in [0.15, 0.2) is 11.4 Å². The third-order valence-corrected chi connectivity index (χ3v) is 13.7. The first kappa shape index (κ1) is 41.9. The van der Waals surface area contributed by atoms with E-state index in [2.05, 4.69) is 60.0 Å². The molecular weight excluding hydrogens is 821 g/mol. The van der Waals surface area contributed by atoms with Crippen LogP contribution in [0.25, 0.3) is 33.4 Å². The highest BCUT2D eigenvalue weighted by Crippen LogP contribution is 2.38. The molecule has 17 heteroatoms. The van der Waals surface area contributed by atoms with Crippen molar-refractivity contribution in [3.63, 3.8) is 0 Å². The third-order valence-electron chi connectivity index (χ3n) is 13.7. The first-order valence-corrected chi connectivity index (χ1v) is 22.6. The minimum atomic E-state index is -2.86. The molecule has 3 N–H and O–H groups in total. The first-order valence-electron chi connectivity index (χ1n) is 22.6. The number of benzene rings is 1. The van der Waals surface area contributed by atoms with Crippen LogP contribution in [0.3, 0.4) is 0 Å². The number of nitrogens with one attached hydrogen (secondary N) is 3. The van der Waals surface area contributed by atoms with Gasteiger partial charge in [0.25, 0.3) is 12.3 Å². The average Bonchev–Trinajstić information content (AvgIpc) is 3.65. The molecular formula is C47H53F2N11O4. The lowest BCUT2D eigenvalue weighted by Gasteiger charge is -2.39. The molecule has 5 aromatic heterocycles. The average molecular weight is 874 g/mol. The summed E-state index contributed by atoms with van der Waals surface area (Å²) < 4.78 is 37.7. The summed E-state index contributed by atoms with van der Waals surface area (Å²) in [5, 5.41) is 14.9. The minimum absolute atomic E-state index is 0.0225. The third kappa shape index (κ3) is 8.74. The van der Waals surface area contributed by atoms with E-state index in [4.69, 9.17) is 9.40 Å². The largest absolute Gasteiger partial charge is 0.444 e. The zero-order chi connectivity index (χ0) is 43.9. The molecule has 64 heavy (non-hydrogen) atoms. The van der Waals surface area contributed by atoms with Gasteiger partial charge in [0, 0.05) is 67.0 Å². The molecule has 1 unspecified atom stereocenters. The number of rotatable bonds is 14. The number of anilines is 2. The van der Waals surface area contributed by atoms with Gasteiger partial charge in [-0.05, 0) is 120 Å². The summed E-state index contributed by atoms with van der Waals surface area (Å²) in [5.41, 5.74) is 3.04. The lowest BCUT2D eigenvalue weighted by molar-refractivity contribution is -0.135. The van der Waals surface area contributed by atoms with Crippen LogP contribution in [0, 0.1) is 11.8 Å². The number of amides is 3. The molecule has 1 aromatic carbocycles. The lowest BCUT2D eigenvalue weighted by Crippen LogP contribution is -2.44. The number of hydrogen-bond acceptors (Lipinski definition) is 11. The van der Waals surface area contributed by atoms with Gasteiger partial charge in [-0.2, -0.15) is 5.10 Å². The fourth-order valence-electron chi connectivity index (χ4n) is 10.0. The van der Waals surface area contributed by atoms with Crippen molar-refractivity contribution in [3.8, 4) is 11.5 Å². The van der Waals surface area contributed by atoms with Gasteiger partial charge in [-0.15, -0.1) is 0 Å². The Labute approximate surface area is 369 Å². The van der Waals surface area contributed by atoms with Gasteiger partial charge >= 0.3 is 0 Å². The van der Waals surface area contributed by atoms with Crippen LogP contribution in [0.5, 0.6) is 0 Å². The van der Waals surface area contributed by atoms with Crippen LogP contribution in [0.1, 0.15) is 104 Å². The van der Waals surface area contributed by atoms with E-state index in [9.17, 15) is 23.2 Å². The number of aromatic nitrogens is 6. The van der Waals surface area contributed by atoms with Crippen molar-refractivity contribution in [2.45, 2.75) is 95.3 Å². The number of carbonyl (C=O) groups is 3. The van der Waals surface area contributed by atoms with Crippen LogP contribution in [0.4, 0.5) is 20.3 Å². The zero-order valence-electron chi connectivity index (χ0n) is 35.9. The molecule has 4 aliphatic rings. The van der Waals surface area contributed by atoms with Crippen molar-refractivity contribution >= 4 is 51.2 Å². The Kier molecular flexibility index (Phi) is 11.7. The van der Waals surface area contributed by atoms with E-state index in [1.807, 2.05) is 35.0 Å². The van der Waals surface area contributed by atoms with Gasteiger partial charge in [-0.1, -0.05) is 18.2 Å². The Balaban J connectivity index is 0.721. The smallest absolute Gasteiger partial charge is 0.284 e. The Hall–Kier alpha value is -6.07. The van der Waals surface area contributed by atoms with Gasteiger partial charge in [0.05, 0.1) is 17.2 Å². The molecule has 3 amide bonds. The normalized spacial score (nSPS) is 21.3. The predicted octanol–water partition coefficient (Wildman–Crippen LogP) is 7.75. The van der Waals surface area contributed by atoms with Crippen molar-refractivity contribution in [2.75, 3.05) is 43.9 Å². The molecule has 4 fully saturated rings. The molecule has 0 bridgehead atoms. The molecule has 7 heterocycles. The Morgan fingerprint density at radius 3 is 2.53 bits per heavy atom. The van der Waals surface area contributed by atoms with E-state index in [1.54, 1.807) is 16.9 Å². The number of piperidine rings is 2. The second kappa shape index (κ2) is 17.8. The van der Waals surface area contributed by atoms with Gasteiger partial charge in [0.1, 0.15) is 23.8 Å². The number of imide groups is 1. The quantitative estimate of drug-likeness (QED) is 0.0916. The van der Waals surface area contributed by atoms with Crippen LogP contribution in [-0.2, 0) is 16.1 Å². The summed E-state index contributed by atoms with van der Waals surface area (Å²) >= 11 is 0. The number of hydrogen-bond donors (Lipinski definition) is 3.